The molecule has 1 atom stereocenters. The van der Waals surface area contributed by atoms with Crippen LogP contribution in [0.25, 0.3) is 0 Å². The molecule has 3 rings (SSSR count). The zero-order chi connectivity index (χ0) is 20.8. The van der Waals surface area contributed by atoms with Gasteiger partial charge in [-0.05, 0) is 62.2 Å². The lowest BCUT2D eigenvalue weighted by Crippen LogP contribution is -2.39. The predicted molar refractivity (Wildman–Crippen MR) is 98.3 cm³/mol. The zero-order valence-corrected chi connectivity index (χ0v) is 16.3. The van der Waals surface area contributed by atoms with Crippen LogP contribution in [0.15, 0.2) is 53.4 Å². The van der Waals surface area contributed by atoms with Crippen LogP contribution in [0.3, 0.4) is 0 Å². The van der Waals surface area contributed by atoms with E-state index in [9.17, 15) is 26.0 Å². The third-order valence-electron chi connectivity index (χ3n) is 5.60. The average molecular weight is 415 g/mol. The van der Waals surface area contributed by atoms with Gasteiger partial charge in [0.25, 0.3) is 0 Å². The van der Waals surface area contributed by atoms with E-state index in [1.807, 2.05) is 0 Å². The van der Waals surface area contributed by atoms with E-state index in [2.05, 4.69) is 5.32 Å². The minimum Gasteiger partial charge on any atom is -0.315 e. The summed E-state index contributed by atoms with van der Waals surface area (Å²) >= 11 is 0. The molecule has 0 bridgehead atoms. The minimum absolute atomic E-state index is 0.0164. The van der Waals surface area contributed by atoms with E-state index >= 15 is 0 Å². The predicted octanol–water partition coefficient (Wildman–Crippen LogP) is 4.33. The van der Waals surface area contributed by atoms with Gasteiger partial charge in [-0.3, -0.25) is 0 Å². The largest absolute Gasteiger partial charge is 0.397 e. The number of benzene rings is 2. The van der Waals surface area contributed by atoms with E-state index in [1.54, 1.807) is 0 Å². The molecule has 3 nitrogen and oxygen atoms in total. The maximum atomic E-state index is 13.4. The van der Waals surface area contributed by atoms with Crippen LogP contribution in [-0.4, -0.2) is 27.7 Å². The first kappa shape index (κ1) is 20.8. The number of hydrogen-bond acceptors (Lipinski definition) is 3. The fourth-order valence-corrected chi connectivity index (χ4v) is 5.55. The first-order valence-corrected chi connectivity index (χ1v) is 10.3. The molecule has 0 saturated carbocycles. The molecule has 0 amide bonds. The van der Waals surface area contributed by atoms with E-state index in [0.717, 1.165) is 26.0 Å². The molecular formula is C20H21F4NO2S. The normalized spacial score (nSPS) is 21.1. The molecule has 1 heterocycles. The van der Waals surface area contributed by atoms with Crippen molar-refractivity contribution >= 4 is 9.84 Å². The summed E-state index contributed by atoms with van der Waals surface area (Å²) in [6, 6.07) is 10.2. The number of sulfone groups is 1. The van der Waals surface area contributed by atoms with Crippen LogP contribution in [0, 0.1) is 5.82 Å². The van der Waals surface area contributed by atoms with Crippen molar-refractivity contribution in [2.75, 3.05) is 13.1 Å². The maximum Gasteiger partial charge on any atom is 0.397 e. The van der Waals surface area contributed by atoms with Crippen LogP contribution in [0.4, 0.5) is 17.6 Å². The van der Waals surface area contributed by atoms with E-state index in [-0.39, 0.29) is 23.4 Å². The van der Waals surface area contributed by atoms with E-state index < -0.39 is 32.0 Å². The lowest BCUT2D eigenvalue weighted by Gasteiger charge is -2.31. The molecule has 0 radical (unpaired) electrons. The second-order valence-electron chi connectivity index (χ2n) is 7.58. The molecule has 1 fully saturated rings. The van der Waals surface area contributed by atoms with Crippen LogP contribution in [0.1, 0.15) is 31.4 Å². The highest BCUT2D eigenvalue weighted by Crippen LogP contribution is 2.43. The molecule has 1 N–H and O–H groups in total. The van der Waals surface area contributed by atoms with Gasteiger partial charge in [0.05, 0.1) is 10.3 Å². The molecule has 152 valence electrons. The van der Waals surface area contributed by atoms with Gasteiger partial charge >= 0.3 is 6.18 Å². The molecule has 1 aliphatic heterocycles. The molecular weight excluding hydrogens is 394 g/mol. The van der Waals surface area contributed by atoms with Crippen LogP contribution in [-0.2, 0) is 20.0 Å². The Bertz CT molecular complexity index is 943. The SMILES string of the molecule is CC(C)(c1ccc(C2(S(=O)(=O)c3ccc(F)cc3)CCNC2)cc1)C(F)(F)F. The molecule has 0 aromatic heterocycles. The van der Waals surface area contributed by atoms with Gasteiger partial charge in [0.1, 0.15) is 10.6 Å². The molecule has 8 heteroatoms. The van der Waals surface area contributed by atoms with Gasteiger partial charge < -0.3 is 5.32 Å². The summed E-state index contributed by atoms with van der Waals surface area (Å²) in [5.74, 6) is -0.545. The topological polar surface area (TPSA) is 46.2 Å². The van der Waals surface area contributed by atoms with Crippen LogP contribution < -0.4 is 5.32 Å². The summed E-state index contributed by atoms with van der Waals surface area (Å²) in [6.45, 7) is 2.76. The molecule has 1 unspecified atom stereocenters. The smallest absolute Gasteiger partial charge is 0.315 e. The van der Waals surface area contributed by atoms with Gasteiger partial charge in [0.15, 0.2) is 9.84 Å². The Balaban J connectivity index is 2.07. The lowest BCUT2D eigenvalue weighted by atomic mass is 9.82. The first-order valence-electron chi connectivity index (χ1n) is 8.80. The molecule has 0 spiro atoms. The summed E-state index contributed by atoms with van der Waals surface area (Å²) < 4.78 is 78.6. The van der Waals surface area contributed by atoms with Crippen molar-refractivity contribution in [1.82, 2.24) is 5.32 Å². The average Bonchev–Trinajstić information content (AvgIpc) is 3.13. The highest BCUT2D eigenvalue weighted by atomic mass is 32.2. The van der Waals surface area contributed by atoms with Gasteiger partial charge in [0.2, 0.25) is 0 Å². The van der Waals surface area contributed by atoms with Crippen molar-refractivity contribution in [2.24, 2.45) is 0 Å². The van der Waals surface area contributed by atoms with Crippen LogP contribution >= 0.6 is 0 Å². The van der Waals surface area contributed by atoms with Crippen LogP contribution in [0.5, 0.6) is 0 Å². The number of rotatable bonds is 4. The third-order valence-corrected chi connectivity index (χ3v) is 8.10. The van der Waals surface area contributed by atoms with Gasteiger partial charge in [-0.2, -0.15) is 13.2 Å². The van der Waals surface area contributed by atoms with Crippen molar-refractivity contribution in [3.8, 4) is 0 Å². The summed E-state index contributed by atoms with van der Waals surface area (Å²) in [5, 5.41) is 3.03. The Kier molecular flexibility index (Phi) is 5.08. The Morgan fingerprint density at radius 2 is 1.54 bits per heavy atom. The minimum atomic E-state index is -4.43. The fourth-order valence-electron chi connectivity index (χ4n) is 3.49. The summed E-state index contributed by atoms with van der Waals surface area (Å²) in [7, 11) is -3.90. The second kappa shape index (κ2) is 6.84. The number of hydrogen-bond donors (Lipinski definition) is 1. The van der Waals surface area contributed by atoms with Crippen molar-refractivity contribution in [3.05, 3.63) is 65.5 Å². The lowest BCUT2D eigenvalue weighted by molar-refractivity contribution is -0.180. The second-order valence-corrected chi connectivity index (χ2v) is 9.84. The van der Waals surface area contributed by atoms with Crippen molar-refractivity contribution < 1.29 is 26.0 Å². The third kappa shape index (κ3) is 3.22. The van der Waals surface area contributed by atoms with Gasteiger partial charge in [-0.15, -0.1) is 0 Å². The van der Waals surface area contributed by atoms with Crippen molar-refractivity contribution in [1.29, 1.82) is 0 Å². The van der Waals surface area contributed by atoms with Gasteiger partial charge in [-0.1, -0.05) is 24.3 Å². The Morgan fingerprint density at radius 1 is 0.964 bits per heavy atom. The molecule has 2 aromatic carbocycles. The first-order chi connectivity index (χ1) is 12.9. The molecule has 0 aliphatic carbocycles. The van der Waals surface area contributed by atoms with Crippen molar-refractivity contribution in [3.63, 3.8) is 0 Å². The van der Waals surface area contributed by atoms with E-state index in [4.69, 9.17) is 0 Å². The van der Waals surface area contributed by atoms with Crippen molar-refractivity contribution in [2.45, 2.75) is 41.5 Å². The number of halogens is 4. The van der Waals surface area contributed by atoms with E-state index in [1.165, 1.54) is 36.4 Å². The molecule has 28 heavy (non-hydrogen) atoms. The summed E-state index contributed by atoms with van der Waals surface area (Å²) in [5.41, 5.74) is -1.57. The highest BCUT2D eigenvalue weighted by Gasteiger charge is 2.50. The van der Waals surface area contributed by atoms with Gasteiger partial charge in [-0.25, -0.2) is 12.8 Å². The summed E-state index contributed by atoms with van der Waals surface area (Å²) in [4.78, 5) is -0.0164. The number of alkyl halides is 3. The van der Waals surface area contributed by atoms with E-state index in [0.29, 0.717) is 12.1 Å². The Labute approximate surface area is 161 Å². The molecule has 2 aromatic rings. The summed E-state index contributed by atoms with van der Waals surface area (Å²) in [6.07, 6.45) is -4.16. The quantitative estimate of drug-likeness (QED) is 0.597. The standard InChI is InChI=1S/C20H21F4NO2S/c1-18(2,20(22,23)24)14-3-5-15(6-4-14)19(11-12-25-13-19)28(26,27)17-9-7-16(21)8-10-17/h3-10,25H,11-13H2,1-2H3. The molecule has 1 saturated heterocycles. The maximum absolute atomic E-state index is 13.4. The van der Waals surface area contributed by atoms with Gasteiger partial charge in [0, 0.05) is 6.54 Å². The van der Waals surface area contributed by atoms with Crippen LogP contribution in [0.2, 0.25) is 0 Å². The molecule has 1 aliphatic rings. The number of nitrogens with one attached hydrogen (secondary N) is 1. The highest BCUT2D eigenvalue weighted by molar-refractivity contribution is 7.92. The monoisotopic (exact) mass is 415 g/mol. The zero-order valence-electron chi connectivity index (χ0n) is 15.5. The Morgan fingerprint density at radius 3 is 2.00 bits per heavy atom. The Hall–Kier alpha value is -1.93. The fraction of sp³-hybridized carbons (Fsp3) is 0.400.